The molecule has 0 radical (unpaired) electrons. The van der Waals surface area contributed by atoms with E-state index in [1.165, 1.54) is 43.2 Å². The fourth-order valence-corrected chi connectivity index (χ4v) is 5.11. The lowest BCUT2D eigenvalue weighted by molar-refractivity contribution is 0.232. The Kier molecular flexibility index (Phi) is 3.64. The van der Waals surface area contributed by atoms with Crippen molar-refractivity contribution in [3.8, 4) is 11.1 Å². The summed E-state index contributed by atoms with van der Waals surface area (Å²) in [7, 11) is 0. The average Bonchev–Trinajstić information content (AvgIpc) is 2.88. The van der Waals surface area contributed by atoms with Crippen molar-refractivity contribution in [2.24, 2.45) is 11.8 Å². The molecule has 1 unspecified atom stereocenters. The van der Waals surface area contributed by atoms with Gasteiger partial charge in [-0.1, -0.05) is 72.1 Å². The van der Waals surface area contributed by atoms with Crippen LogP contribution in [0, 0.1) is 11.8 Å². The van der Waals surface area contributed by atoms with Crippen LogP contribution in [0.4, 0.5) is 0 Å². The molecule has 2 aromatic carbocycles. The van der Waals surface area contributed by atoms with E-state index in [4.69, 9.17) is 0 Å². The second-order valence-electron chi connectivity index (χ2n) is 7.60. The molecule has 2 bridgehead atoms. The lowest BCUT2D eigenvalue weighted by Gasteiger charge is -2.38. The Morgan fingerprint density at radius 2 is 1.32 bits per heavy atom. The second kappa shape index (κ2) is 5.53. The minimum Gasteiger partial charge on any atom is -0.0579 e. The summed E-state index contributed by atoms with van der Waals surface area (Å²) in [5.74, 6) is 1.96. The molecule has 2 fully saturated rings. The Morgan fingerprint density at radius 1 is 0.818 bits per heavy atom. The lowest BCUT2D eigenvalue weighted by Crippen LogP contribution is -2.30. The molecule has 22 heavy (non-hydrogen) atoms. The van der Waals surface area contributed by atoms with Gasteiger partial charge in [0, 0.05) is 4.47 Å². The van der Waals surface area contributed by atoms with E-state index in [0.717, 1.165) is 16.3 Å². The second-order valence-corrected chi connectivity index (χ2v) is 8.51. The van der Waals surface area contributed by atoms with Gasteiger partial charge in [0.25, 0.3) is 0 Å². The van der Waals surface area contributed by atoms with Gasteiger partial charge in [0.05, 0.1) is 0 Å². The van der Waals surface area contributed by atoms with Gasteiger partial charge in [-0.3, -0.25) is 0 Å². The molecule has 2 aromatic rings. The minimum absolute atomic E-state index is 0.405. The maximum Gasteiger partial charge on any atom is 0.0175 e. The summed E-state index contributed by atoms with van der Waals surface area (Å²) in [5.41, 5.74) is 4.56. The van der Waals surface area contributed by atoms with Crippen LogP contribution in [0.5, 0.6) is 0 Å². The highest BCUT2D eigenvalue weighted by molar-refractivity contribution is 9.10. The van der Waals surface area contributed by atoms with Crippen LogP contribution in [0.1, 0.15) is 44.6 Å². The molecule has 0 aromatic heterocycles. The van der Waals surface area contributed by atoms with Crippen LogP contribution in [0.25, 0.3) is 11.1 Å². The summed E-state index contributed by atoms with van der Waals surface area (Å²) in [6, 6.07) is 18.0. The number of benzene rings is 2. The SMILES string of the molecule is CC1(c2ccc(-c3ccc(Br)cc3)cc2)C[C@@H]2CC[C@@H](C2)C1. The smallest absolute Gasteiger partial charge is 0.0175 e. The largest absolute Gasteiger partial charge is 0.0579 e. The van der Waals surface area contributed by atoms with Crippen molar-refractivity contribution in [3.05, 3.63) is 58.6 Å². The highest BCUT2D eigenvalue weighted by Gasteiger charge is 2.41. The Morgan fingerprint density at radius 3 is 1.86 bits per heavy atom. The normalized spacial score (nSPS) is 30.5. The summed E-state index contributed by atoms with van der Waals surface area (Å²) in [4.78, 5) is 0. The monoisotopic (exact) mass is 354 g/mol. The Bertz CT molecular complexity index is 641. The first-order valence-electron chi connectivity index (χ1n) is 8.49. The predicted molar refractivity (Wildman–Crippen MR) is 97.0 cm³/mol. The van der Waals surface area contributed by atoms with Crippen molar-refractivity contribution in [2.45, 2.75) is 44.4 Å². The molecule has 0 aliphatic heterocycles. The van der Waals surface area contributed by atoms with Crippen molar-refractivity contribution >= 4 is 15.9 Å². The topological polar surface area (TPSA) is 0 Å². The molecule has 2 aliphatic carbocycles. The van der Waals surface area contributed by atoms with Gasteiger partial charge in [-0.05, 0) is 65.3 Å². The molecule has 0 N–H and O–H groups in total. The van der Waals surface area contributed by atoms with Gasteiger partial charge >= 0.3 is 0 Å². The Labute approximate surface area is 142 Å². The van der Waals surface area contributed by atoms with Gasteiger partial charge < -0.3 is 0 Å². The first-order chi connectivity index (χ1) is 10.6. The zero-order valence-corrected chi connectivity index (χ0v) is 14.8. The van der Waals surface area contributed by atoms with E-state index >= 15 is 0 Å². The molecule has 0 heterocycles. The highest BCUT2D eigenvalue weighted by Crippen LogP contribution is 2.51. The van der Waals surface area contributed by atoms with Gasteiger partial charge in [-0.2, -0.15) is 0 Å². The fourth-order valence-electron chi connectivity index (χ4n) is 4.85. The third-order valence-electron chi connectivity index (χ3n) is 5.89. The maximum atomic E-state index is 3.51. The molecule has 4 rings (SSSR count). The fraction of sp³-hybridized carbons (Fsp3) is 0.429. The molecule has 114 valence electrons. The molecule has 0 spiro atoms. The predicted octanol–water partition coefficient (Wildman–Crippen LogP) is 6.58. The molecule has 1 heteroatoms. The summed E-state index contributed by atoms with van der Waals surface area (Å²) < 4.78 is 1.14. The standard InChI is InChI=1S/C21H23Br/c1-21(13-15-2-3-16(12-15)14-21)19-8-4-17(5-9-19)18-6-10-20(22)11-7-18/h4-11,15-16H,2-3,12-14H2,1H3/t15-,16+,21?. The number of fused-ring (bicyclic) bond motifs is 2. The summed E-state index contributed by atoms with van der Waals surface area (Å²) in [6.45, 7) is 2.49. The van der Waals surface area contributed by atoms with Crippen LogP contribution in [-0.2, 0) is 5.41 Å². The molecular formula is C21H23Br. The van der Waals surface area contributed by atoms with Gasteiger partial charge in [0.15, 0.2) is 0 Å². The van der Waals surface area contributed by atoms with E-state index < -0.39 is 0 Å². The quantitative estimate of drug-likeness (QED) is 0.570. The molecule has 2 saturated carbocycles. The number of halogens is 1. The van der Waals surface area contributed by atoms with Crippen molar-refractivity contribution < 1.29 is 0 Å². The van der Waals surface area contributed by atoms with Crippen LogP contribution in [-0.4, -0.2) is 0 Å². The van der Waals surface area contributed by atoms with Crippen LogP contribution >= 0.6 is 15.9 Å². The third kappa shape index (κ3) is 2.65. The molecule has 0 nitrogen and oxygen atoms in total. The van der Waals surface area contributed by atoms with Crippen molar-refractivity contribution in [3.63, 3.8) is 0 Å². The van der Waals surface area contributed by atoms with Crippen molar-refractivity contribution in [1.29, 1.82) is 0 Å². The van der Waals surface area contributed by atoms with Crippen molar-refractivity contribution in [2.75, 3.05) is 0 Å². The first-order valence-corrected chi connectivity index (χ1v) is 9.28. The summed E-state index contributed by atoms with van der Waals surface area (Å²) >= 11 is 3.51. The lowest BCUT2D eigenvalue weighted by atomic mass is 9.66. The van der Waals surface area contributed by atoms with Crippen LogP contribution in [0.3, 0.4) is 0 Å². The maximum absolute atomic E-state index is 3.51. The average molecular weight is 355 g/mol. The van der Waals surface area contributed by atoms with Crippen LogP contribution in [0.15, 0.2) is 53.0 Å². The third-order valence-corrected chi connectivity index (χ3v) is 6.42. The van der Waals surface area contributed by atoms with E-state index in [-0.39, 0.29) is 0 Å². The molecule has 3 atom stereocenters. The minimum atomic E-state index is 0.405. The number of hydrogen-bond donors (Lipinski definition) is 0. The van der Waals surface area contributed by atoms with Crippen LogP contribution < -0.4 is 0 Å². The van der Waals surface area contributed by atoms with E-state index in [0.29, 0.717) is 5.41 Å². The van der Waals surface area contributed by atoms with Crippen LogP contribution in [0.2, 0.25) is 0 Å². The summed E-state index contributed by atoms with van der Waals surface area (Å²) in [6.07, 6.45) is 7.21. The van der Waals surface area contributed by atoms with Crippen molar-refractivity contribution in [1.82, 2.24) is 0 Å². The van der Waals surface area contributed by atoms with E-state index in [1.54, 1.807) is 5.56 Å². The van der Waals surface area contributed by atoms with E-state index in [1.807, 2.05) is 0 Å². The molecular weight excluding hydrogens is 332 g/mol. The molecule has 2 aliphatic rings. The van der Waals surface area contributed by atoms with Gasteiger partial charge in [0.1, 0.15) is 0 Å². The van der Waals surface area contributed by atoms with E-state index in [9.17, 15) is 0 Å². The van der Waals surface area contributed by atoms with Gasteiger partial charge in [-0.15, -0.1) is 0 Å². The molecule has 0 amide bonds. The zero-order valence-electron chi connectivity index (χ0n) is 13.2. The Hall–Kier alpha value is -1.08. The highest BCUT2D eigenvalue weighted by atomic mass is 79.9. The Balaban J connectivity index is 1.60. The first kappa shape index (κ1) is 14.5. The van der Waals surface area contributed by atoms with E-state index in [2.05, 4.69) is 71.4 Å². The summed E-state index contributed by atoms with van der Waals surface area (Å²) in [5, 5.41) is 0. The van der Waals surface area contributed by atoms with Gasteiger partial charge in [-0.25, -0.2) is 0 Å². The zero-order chi connectivity index (χ0) is 15.2. The number of hydrogen-bond acceptors (Lipinski definition) is 0. The number of rotatable bonds is 2. The molecule has 0 saturated heterocycles. The van der Waals surface area contributed by atoms with Gasteiger partial charge in [0.2, 0.25) is 0 Å².